The van der Waals surface area contributed by atoms with Gasteiger partial charge in [0.2, 0.25) is 23.5 Å². The number of primary amides is 1. The lowest BCUT2D eigenvalue weighted by Crippen LogP contribution is -2.62. The molecule has 6 amide bonds. The largest absolute Gasteiger partial charge is 0.363 e. The van der Waals surface area contributed by atoms with Gasteiger partial charge in [-0.1, -0.05) is 73.0 Å². The summed E-state index contributed by atoms with van der Waals surface area (Å²) >= 11 is 0. The highest BCUT2D eigenvalue weighted by Crippen LogP contribution is 2.31. The minimum absolute atomic E-state index is 0.0729. The van der Waals surface area contributed by atoms with Crippen LogP contribution < -0.4 is 21.7 Å². The highest BCUT2D eigenvalue weighted by Gasteiger charge is 2.42. The maximum Gasteiger partial charge on any atom is 0.315 e. The molecular weight excluding hydrogens is 552 g/mol. The zero-order valence-corrected chi connectivity index (χ0v) is 26.5. The van der Waals surface area contributed by atoms with Crippen LogP contribution in [-0.2, 0) is 24.0 Å². The molecule has 3 aliphatic rings. The molecule has 0 aromatic heterocycles. The van der Waals surface area contributed by atoms with Gasteiger partial charge in [0.25, 0.3) is 5.91 Å². The van der Waals surface area contributed by atoms with Crippen molar-refractivity contribution in [1.82, 2.24) is 25.8 Å². The third-order valence-corrected chi connectivity index (χ3v) is 8.74. The summed E-state index contributed by atoms with van der Waals surface area (Å²) in [7, 11) is 0. The maximum atomic E-state index is 13.9. The minimum atomic E-state index is -1.11. The summed E-state index contributed by atoms with van der Waals surface area (Å²) in [5, 5.41) is 8.50. The monoisotopic (exact) mass is 602 g/mol. The van der Waals surface area contributed by atoms with Crippen molar-refractivity contribution in [2.24, 2.45) is 22.5 Å². The molecule has 1 unspecified atom stereocenters. The van der Waals surface area contributed by atoms with Crippen molar-refractivity contribution in [3.63, 3.8) is 0 Å². The van der Waals surface area contributed by atoms with E-state index >= 15 is 0 Å². The first-order valence-electron chi connectivity index (χ1n) is 15.4. The third kappa shape index (κ3) is 9.03. The van der Waals surface area contributed by atoms with E-state index < -0.39 is 53.1 Å². The molecule has 1 aliphatic carbocycles. The molecule has 1 saturated carbocycles. The van der Waals surface area contributed by atoms with Crippen LogP contribution in [-0.4, -0.2) is 89.0 Å². The molecule has 3 rings (SSSR count). The van der Waals surface area contributed by atoms with E-state index in [-0.39, 0.29) is 29.8 Å². The molecule has 43 heavy (non-hydrogen) atoms. The molecule has 2 aliphatic heterocycles. The van der Waals surface area contributed by atoms with E-state index in [1.54, 1.807) is 17.1 Å². The van der Waals surface area contributed by atoms with E-state index in [2.05, 4.69) is 16.0 Å². The van der Waals surface area contributed by atoms with Gasteiger partial charge in [0.05, 0.1) is 12.1 Å². The van der Waals surface area contributed by atoms with Crippen LogP contribution in [0.4, 0.5) is 4.79 Å². The average molecular weight is 603 g/mol. The van der Waals surface area contributed by atoms with Crippen LogP contribution in [0.25, 0.3) is 0 Å². The Bertz CT molecular complexity index is 1120. The van der Waals surface area contributed by atoms with Crippen LogP contribution in [0.2, 0.25) is 0 Å². The third-order valence-electron chi connectivity index (χ3n) is 8.74. The predicted molar refractivity (Wildman–Crippen MR) is 161 cm³/mol. The summed E-state index contributed by atoms with van der Waals surface area (Å²) in [4.78, 5) is 80.4. The second-order valence-electron chi connectivity index (χ2n) is 14.3. The van der Waals surface area contributed by atoms with Gasteiger partial charge in [-0.25, -0.2) is 4.79 Å². The highest BCUT2D eigenvalue weighted by atomic mass is 16.2. The van der Waals surface area contributed by atoms with Gasteiger partial charge in [-0.3, -0.25) is 24.0 Å². The number of amides is 6. The Morgan fingerprint density at radius 3 is 2.16 bits per heavy atom. The quantitative estimate of drug-likeness (QED) is 0.207. The van der Waals surface area contributed by atoms with E-state index in [9.17, 15) is 28.8 Å². The van der Waals surface area contributed by atoms with Crippen LogP contribution in [0.15, 0.2) is 12.2 Å². The number of carbonyl (C=O) groups excluding carboxylic acids is 6. The number of piperidine rings is 1. The van der Waals surface area contributed by atoms with Crippen molar-refractivity contribution < 1.29 is 28.8 Å². The Balaban J connectivity index is 1.71. The number of hydrogen-bond acceptors (Lipinski definition) is 6. The average Bonchev–Trinajstić information content (AvgIpc) is 3.37. The molecule has 2 heterocycles. The van der Waals surface area contributed by atoms with Crippen LogP contribution in [0.5, 0.6) is 0 Å². The molecule has 0 radical (unpaired) electrons. The second-order valence-corrected chi connectivity index (χ2v) is 14.3. The molecule has 0 aromatic rings. The van der Waals surface area contributed by atoms with Gasteiger partial charge in [0.15, 0.2) is 0 Å². The van der Waals surface area contributed by atoms with Gasteiger partial charge < -0.3 is 31.5 Å². The topological polar surface area (TPSA) is 171 Å². The zero-order chi connectivity index (χ0) is 32.1. The first-order chi connectivity index (χ1) is 20.0. The highest BCUT2D eigenvalue weighted by molar-refractivity contribution is 6.37. The van der Waals surface area contributed by atoms with Crippen molar-refractivity contribution in [2.45, 2.75) is 111 Å². The second kappa shape index (κ2) is 13.9. The zero-order valence-electron chi connectivity index (χ0n) is 26.5. The number of nitrogens with two attached hydrogens (primary N) is 1. The molecule has 240 valence electrons. The summed E-state index contributed by atoms with van der Waals surface area (Å²) in [6, 6.07) is -3.96. The molecule has 12 heteroatoms. The fourth-order valence-electron chi connectivity index (χ4n) is 5.66. The van der Waals surface area contributed by atoms with E-state index in [1.807, 2.05) is 41.5 Å². The minimum Gasteiger partial charge on any atom is -0.363 e. The Morgan fingerprint density at radius 1 is 0.953 bits per heavy atom. The van der Waals surface area contributed by atoms with E-state index in [0.717, 1.165) is 32.1 Å². The lowest BCUT2D eigenvalue weighted by molar-refractivity contribution is -0.142. The number of nitrogens with one attached hydrogen (secondary N) is 3. The SMILES string of the molecule is CC(C)(C)[C@H](NC(=O)N[C@H](CN1CCCCC1=O)C(C)(C)C)C(=O)N1CC=C[C@H]1C(=O)NC(CC1CCC1)C(=O)C(N)=O. The van der Waals surface area contributed by atoms with Crippen LogP contribution in [0.1, 0.15) is 86.5 Å². The van der Waals surface area contributed by atoms with Crippen molar-refractivity contribution in [3.8, 4) is 0 Å². The lowest BCUT2D eigenvalue weighted by Gasteiger charge is -2.39. The maximum absolute atomic E-state index is 13.9. The number of ketones is 1. The van der Waals surface area contributed by atoms with Crippen LogP contribution >= 0.6 is 0 Å². The Morgan fingerprint density at radius 2 is 1.63 bits per heavy atom. The normalized spacial score (nSPS) is 21.4. The molecule has 1 saturated heterocycles. The summed E-state index contributed by atoms with van der Waals surface area (Å²) < 4.78 is 0. The summed E-state index contributed by atoms with van der Waals surface area (Å²) in [5.74, 6) is -2.71. The number of rotatable bonds is 11. The van der Waals surface area contributed by atoms with Gasteiger partial charge in [0.1, 0.15) is 12.1 Å². The number of hydrogen-bond donors (Lipinski definition) is 4. The van der Waals surface area contributed by atoms with Gasteiger partial charge in [-0.05, 0) is 36.0 Å². The van der Waals surface area contributed by atoms with Gasteiger partial charge in [0, 0.05) is 26.1 Å². The van der Waals surface area contributed by atoms with Crippen molar-refractivity contribution >= 4 is 35.4 Å². The Labute approximate surface area is 254 Å². The number of likely N-dealkylation sites (tertiary alicyclic amines) is 1. The van der Waals surface area contributed by atoms with E-state index in [4.69, 9.17) is 5.73 Å². The van der Waals surface area contributed by atoms with Crippen molar-refractivity contribution in [2.75, 3.05) is 19.6 Å². The van der Waals surface area contributed by atoms with Gasteiger partial charge in [-0.15, -0.1) is 0 Å². The Kier molecular flexibility index (Phi) is 11.0. The molecule has 5 N–H and O–H groups in total. The first kappa shape index (κ1) is 34.1. The molecule has 2 fully saturated rings. The van der Waals surface area contributed by atoms with Gasteiger partial charge >= 0.3 is 6.03 Å². The Hall–Kier alpha value is -3.44. The smallest absolute Gasteiger partial charge is 0.315 e. The number of nitrogens with zero attached hydrogens (tertiary/aromatic N) is 2. The number of Topliss-reactive ketones (excluding diaryl/α,β-unsaturated/α-hetero) is 1. The van der Waals surface area contributed by atoms with E-state index in [0.29, 0.717) is 25.9 Å². The lowest BCUT2D eigenvalue weighted by atomic mass is 9.80. The molecular formula is C31H50N6O6. The molecule has 0 aromatic carbocycles. The predicted octanol–water partition coefficient (Wildman–Crippen LogP) is 1.62. The fraction of sp³-hybridized carbons (Fsp3) is 0.742. The number of urea groups is 1. The van der Waals surface area contributed by atoms with Gasteiger partial charge in [-0.2, -0.15) is 0 Å². The molecule has 0 bridgehead atoms. The van der Waals surface area contributed by atoms with Crippen molar-refractivity contribution in [1.29, 1.82) is 0 Å². The van der Waals surface area contributed by atoms with Crippen LogP contribution in [0, 0.1) is 16.7 Å². The van der Waals surface area contributed by atoms with E-state index in [1.165, 1.54) is 4.90 Å². The fourth-order valence-corrected chi connectivity index (χ4v) is 5.66. The first-order valence-corrected chi connectivity index (χ1v) is 15.4. The molecule has 4 atom stereocenters. The summed E-state index contributed by atoms with van der Waals surface area (Å²) in [5.41, 5.74) is 4.17. The molecule has 0 spiro atoms. The standard InChI is InChI=1S/C31H50N6O6/c1-30(2,3)22(18-36-15-8-7-14-23(36)38)34-29(43)35-25(31(4,5)6)28(42)37-16-10-13-21(37)27(41)33-20(24(39)26(32)40)17-19-11-9-12-19/h10,13,19-22,25H,7-9,11-12,14-18H2,1-6H3,(H2,32,40)(H,33,41)(H2,34,35,43)/t20?,21-,22+,25+/m0/s1. The summed E-state index contributed by atoms with van der Waals surface area (Å²) in [6.07, 6.45) is 8.73. The van der Waals surface area contributed by atoms with Crippen molar-refractivity contribution in [3.05, 3.63) is 12.2 Å². The summed E-state index contributed by atoms with van der Waals surface area (Å²) in [6.45, 7) is 12.6. The number of carbonyl (C=O) groups is 6. The van der Waals surface area contributed by atoms with Crippen LogP contribution in [0.3, 0.4) is 0 Å². The molecule has 12 nitrogen and oxygen atoms in total.